The third-order valence-corrected chi connectivity index (χ3v) is 11.4. The topological polar surface area (TPSA) is 170 Å². The number of nitrogens with one attached hydrogen (secondary N) is 2. The van der Waals surface area contributed by atoms with Crippen molar-refractivity contribution in [1.29, 1.82) is 0 Å². The van der Waals surface area contributed by atoms with Crippen molar-refractivity contribution < 1.29 is 30.0 Å². The van der Waals surface area contributed by atoms with Crippen LogP contribution in [-0.4, -0.2) is 49.8 Å². The van der Waals surface area contributed by atoms with E-state index in [1.807, 2.05) is 0 Å². The lowest BCUT2D eigenvalue weighted by atomic mass is 9.67. The molecule has 0 amide bonds. The summed E-state index contributed by atoms with van der Waals surface area (Å²) in [6.45, 7) is 0. The summed E-state index contributed by atoms with van der Waals surface area (Å²) in [5.41, 5.74) is 5.18. The Hall–Kier alpha value is -3.18. The van der Waals surface area contributed by atoms with Gasteiger partial charge in [-0.1, -0.05) is 23.9 Å². The summed E-state index contributed by atoms with van der Waals surface area (Å²) >= 11 is 1.18. The minimum atomic E-state index is -4.77. The van der Waals surface area contributed by atoms with E-state index in [-0.39, 0.29) is 39.8 Å². The molecule has 6 N–H and O–H groups in total. The molecule has 0 radical (unpaired) electrons. The van der Waals surface area contributed by atoms with E-state index in [1.165, 1.54) is 36.2 Å². The summed E-state index contributed by atoms with van der Waals surface area (Å²) < 4.78 is 91.9. The van der Waals surface area contributed by atoms with Crippen LogP contribution in [0.15, 0.2) is 47.5 Å². The average molecular weight is 625 g/mol. The van der Waals surface area contributed by atoms with Gasteiger partial charge in [0.05, 0.1) is 27.8 Å². The number of benzene rings is 2. The highest BCUT2D eigenvalue weighted by molar-refractivity contribution is 8.09. The van der Waals surface area contributed by atoms with E-state index >= 15 is 8.78 Å². The number of hydrogen-bond acceptors (Lipinski definition) is 10. The second-order valence-corrected chi connectivity index (χ2v) is 15.1. The highest BCUT2D eigenvalue weighted by atomic mass is 32.2. The van der Waals surface area contributed by atoms with Crippen molar-refractivity contribution in [2.45, 2.75) is 29.3 Å². The zero-order valence-electron chi connectivity index (χ0n) is 21.1. The van der Waals surface area contributed by atoms with Crippen LogP contribution in [0.5, 0.6) is 0 Å². The Balaban J connectivity index is 1.33. The first-order valence-corrected chi connectivity index (χ1v) is 16.5. The first kappa shape index (κ1) is 28.0. The van der Waals surface area contributed by atoms with Gasteiger partial charge >= 0.3 is 0 Å². The number of sulfone groups is 1. The monoisotopic (exact) mass is 624 g/mol. The van der Waals surface area contributed by atoms with Gasteiger partial charge in [0.25, 0.3) is 0 Å². The van der Waals surface area contributed by atoms with Gasteiger partial charge in [-0.15, -0.1) is 0 Å². The van der Waals surface area contributed by atoms with Gasteiger partial charge in [0, 0.05) is 34.3 Å². The molecule has 2 aromatic carbocycles. The molecule has 3 aliphatic rings. The number of thioether (sulfide) groups is 1. The van der Waals surface area contributed by atoms with Crippen molar-refractivity contribution in [2.24, 2.45) is 16.3 Å². The van der Waals surface area contributed by atoms with Crippen molar-refractivity contribution in [3.8, 4) is 11.1 Å². The van der Waals surface area contributed by atoms with E-state index in [2.05, 4.69) is 20.6 Å². The van der Waals surface area contributed by atoms with Crippen molar-refractivity contribution in [1.82, 2.24) is 15.3 Å². The molecule has 1 aromatic heterocycles. The summed E-state index contributed by atoms with van der Waals surface area (Å²) in [7, 11) is -7.69. The van der Waals surface area contributed by atoms with E-state index in [0.29, 0.717) is 35.5 Å². The van der Waals surface area contributed by atoms with Gasteiger partial charge in [0.1, 0.15) is 17.1 Å². The molecule has 1 saturated carbocycles. The molecular formula is C25H23F3N6O4S3. The molecule has 6 rings (SSSR count). The maximum Gasteiger partial charge on any atom is 0.243 e. The van der Waals surface area contributed by atoms with Gasteiger partial charge in [-0.05, 0) is 37.1 Å². The minimum Gasteiger partial charge on any atom is -0.360 e. The fourth-order valence-electron chi connectivity index (χ4n) is 5.70. The van der Waals surface area contributed by atoms with Crippen LogP contribution in [0.4, 0.5) is 19.1 Å². The second kappa shape index (κ2) is 9.69. The van der Waals surface area contributed by atoms with Crippen LogP contribution in [0, 0.1) is 22.9 Å². The van der Waals surface area contributed by atoms with Gasteiger partial charge in [0.15, 0.2) is 20.5 Å². The van der Waals surface area contributed by atoms with E-state index in [1.54, 1.807) is 6.07 Å². The number of primary sulfonamides is 1. The van der Waals surface area contributed by atoms with Gasteiger partial charge in [0.2, 0.25) is 16.0 Å². The molecule has 3 aromatic rings. The number of anilines is 1. The summed E-state index contributed by atoms with van der Waals surface area (Å²) in [5.74, 6) is -3.09. The number of hydrogen-bond donors (Lipinski definition) is 4. The SMILES string of the molecule is NC1NC(c2cccc(-c3ccc(F)c(S(N)(=O)=O)c3F)c2F)=C(c2ccnc(NC3CC4(C3)CS(=O)(=O)C4)n2)S1. The molecule has 1 unspecified atom stereocenters. The Morgan fingerprint density at radius 3 is 2.39 bits per heavy atom. The fourth-order valence-corrected chi connectivity index (χ4v) is 9.60. The number of nitrogens with two attached hydrogens (primary N) is 2. The second-order valence-electron chi connectivity index (χ2n) is 10.4. The lowest BCUT2D eigenvalue weighted by Gasteiger charge is -2.53. The third-order valence-electron chi connectivity index (χ3n) is 7.28. The van der Waals surface area contributed by atoms with Crippen LogP contribution in [0.2, 0.25) is 0 Å². The number of nitrogens with zero attached hydrogens (tertiary/aromatic N) is 2. The zero-order valence-corrected chi connectivity index (χ0v) is 23.5. The highest BCUT2D eigenvalue weighted by Gasteiger charge is 2.56. The van der Waals surface area contributed by atoms with Crippen LogP contribution < -0.4 is 21.5 Å². The fraction of sp³-hybridized carbons (Fsp3) is 0.280. The summed E-state index contributed by atoms with van der Waals surface area (Å²) in [6.07, 6.45) is 2.91. The van der Waals surface area contributed by atoms with Crippen molar-refractivity contribution in [3.05, 3.63) is 71.3 Å². The molecule has 16 heteroatoms. The van der Waals surface area contributed by atoms with Crippen LogP contribution >= 0.6 is 11.8 Å². The van der Waals surface area contributed by atoms with E-state index < -0.39 is 53.3 Å². The van der Waals surface area contributed by atoms with Crippen LogP contribution in [0.3, 0.4) is 0 Å². The predicted octanol–water partition coefficient (Wildman–Crippen LogP) is 2.60. The first-order valence-electron chi connectivity index (χ1n) is 12.3. The number of sulfonamides is 1. The Morgan fingerprint density at radius 2 is 1.71 bits per heavy atom. The van der Waals surface area contributed by atoms with Crippen LogP contribution in [0.1, 0.15) is 24.1 Å². The van der Waals surface area contributed by atoms with Gasteiger partial charge in [-0.2, -0.15) is 0 Å². The highest BCUT2D eigenvalue weighted by Crippen LogP contribution is 2.50. The van der Waals surface area contributed by atoms with E-state index in [4.69, 9.17) is 10.9 Å². The van der Waals surface area contributed by atoms with Crippen molar-refractivity contribution >= 4 is 48.2 Å². The third kappa shape index (κ3) is 5.07. The van der Waals surface area contributed by atoms with Crippen LogP contribution in [0.25, 0.3) is 21.7 Å². The molecule has 41 heavy (non-hydrogen) atoms. The summed E-state index contributed by atoms with van der Waals surface area (Å²) in [4.78, 5) is 7.95. The number of aromatic nitrogens is 2. The largest absolute Gasteiger partial charge is 0.360 e. The lowest BCUT2D eigenvalue weighted by molar-refractivity contribution is 0.153. The quantitative estimate of drug-likeness (QED) is 0.320. The van der Waals surface area contributed by atoms with Gasteiger partial charge in [-0.25, -0.2) is 45.1 Å². The maximum atomic E-state index is 16.0. The van der Waals surface area contributed by atoms with E-state index in [0.717, 1.165) is 6.07 Å². The molecule has 0 bridgehead atoms. The normalized spacial score (nSPS) is 21.3. The summed E-state index contributed by atoms with van der Waals surface area (Å²) in [5, 5.41) is 11.2. The summed E-state index contributed by atoms with van der Waals surface area (Å²) in [6, 6.07) is 7.39. The van der Waals surface area contributed by atoms with E-state index in [9.17, 15) is 21.2 Å². The van der Waals surface area contributed by atoms with Crippen molar-refractivity contribution in [2.75, 3.05) is 16.8 Å². The first-order chi connectivity index (χ1) is 19.3. The van der Waals surface area contributed by atoms with Crippen molar-refractivity contribution in [3.63, 3.8) is 0 Å². The Morgan fingerprint density at radius 1 is 1.02 bits per heavy atom. The average Bonchev–Trinajstić information content (AvgIpc) is 3.23. The number of halogens is 3. The Kier molecular flexibility index (Phi) is 6.61. The standard InChI is InChI=1S/C25H23F3N6O4S3/c26-16-5-4-14(19(28)22(16)41(30,37)38)13-2-1-3-15(18(13)27)20-21(39-23(29)34-20)17-6-7-31-24(33-17)32-12-8-25(9-12)10-40(35,36)11-25/h1-7,12,23,34H,8-11,29H2,(H2,30,37,38)(H,31,32,33). The van der Waals surface area contributed by atoms with Gasteiger partial charge < -0.3 is 16.4 Å². The molecular weight excluding hydrogens is 602 g/mol. The molecule has 3 heterocycles. The molecule has 216 valence electrons. The maximum absolute atomic E-state index is 16.0. The zero-order chi connectivity index (χ0) is 29.3. The molecule has 2 fully saturated rings. The number of rotatable bonds is 6. The van der Waals surface area contributed by atoms with Crippen LogP contribution in [-0.2, 0) is 19.9 Å². The van der Waals surface area contributed by atoms with Gasteiger partial charge in [-0.3, -0.25) is 0 Å². The Labute approximate surface area is 237 Å². The molecule has 1 atom stereocenters. The smallest absolute Gasteiger partial charge is 0.243 e. The molecule has 1 spiro atoms. The minimum absolute atomic E-state index is 0.000852. The molecule has 1 saturated heterocycles. The predicted molar refractivity (Wildman–Crippen MR) is 148 cm³/mol. The lowest BCUT2D eigenvalue weighted by Crippen LogP contribution is -2.60. The molecule has 1 aliphatic carbocycles. The molecule has 2 aliphatic heterocycles. The Bertz CT molecular complexity index is 1830. The molecule has 10 nitrogen and oxygen atoms in total.